The minimum Gasteiger partial charge on any atom is -0.334 e. The molecule has 0 bridgehead atoms. The number of fused-ring (bicyclic) bond motifs is 1. The van der Waals surface area contributed by atoms with Crippen molar-refractivity contribution < 1.29 is 9.18 Å². The number of alkyl halides is 1. The number of benzene rings is 1. The second-order valence-electron chi connectivity index (χ2n) is 8.52. The first-order valence-corrected chi connectivity index (χ1v) is 11.4. The molecular formula is C23H26Cl2FN3O2. The first-order chi connectivity index (χ1) is 14.8. The number of rotatable bonds is 4. The van der Waals surface area contributed by atoms with Crippen molar-refractivity contribution in [1.82, 2.24) is 15.2 Å². The molecule has 0 radical (unpaired) electrons. The normalized spacial score (nSPS) is 18.2. The number of carbonyl (C=O) groups is 1. The summed E-state index contributed by atoms with van der Waals surface area (Å²) in [6.07, 6.45) is 0.652. The molecule has 1 unspecified atom stereocenters. The molecule has 4 rings (SSSR count). The third kappa shape index (κ3) is 4.26. The predicted octanol–water partition coefficient (Wildman–Crippen LogP) is 4.51. The van der Waals surface area contributed by atoms with Crippen molar-refractivity contribution in [3.63, 3.8) is 0 Å². The Bertz CT molecular complexity index is 1080. The van der Waals surface area contributed by atoms with Crippen LogP contribution in [0.4, 0.5) is 4.39 Å². The van der Waals surface area contributed by atoms with Crippen molar-refractivity contribution in [2.75, 3.05) is 19.6 Å². The van der Waals surface area contributed by atoms with Gasteiger partial charge in [-0.25, -0.2) is 4.39 Å². The van der Waals surface area contributed by atoms with Crippen molar-refractivity contribution in [2.45, 2.75) is 45.8 Å². The molecule has 31 heavy (non-hydrogen) atoms. The Balaban J connectivity index is 1.68. The molecular weight excluding hydrogens is 440 g/mol. The largest absolute Gasteiger partial charge is 0.334 e. The molecule has 8 heteroatoms. The monoisotopic (exact) mass is 465 g/mol. The highest BCUT2D eigenvalue weighted by Crippen LogP contribution is 2.42. The van der Waals surface area contributed by atoms with Crippen molar-refractivity contribution in [3.05, 3.63) is 66.0 Å². The number of amides is 1. The zero-order valence-corrected chi connectivity index (χ0v) is 19.2. The molecule has 166 valence electrons. The van der Waals surface area contributed by atoms with Crippen LogP contribution >= 0.6 is 23.2 Å². The van der Waals surface area contributed by atoms with E-state index in [-0.39, 0.29) is 40.1 Å². The van der Waals surface area contributed by atoms with E-state index in [9.17, 15) is 9.59 Å². The Morgan fingerprint density at radius 3 is 2.58 bits per heavy atom. The van der Waals surface area contributed by atoms with Gasteiger partial charge in [-0.15, -0.1) is 0 Å². The number of H-pyrrole nitrogens is 1. The summed E-state index contributed by atoms with van der Waals surface area (Å²) in [5, 5.41) is 3.76. The Labute approximate surface area is 190 Å². The van der Waals surface area contributed by atoms with Gasteiger partial charge in [0, 0.05) is 28.4 Å². The van der Waals surface area contributed by atoms with Gasteiger partial charge in [-0.1, -0.05) is 23.2 Å². The number of halogens is 3. The summed E-state index contributed by atoms with van der Waals surface area (Å²) in [4.78, 5) is 30.2. The summed E-state index contributed by atoms with van der Waals surface area (Å²) in [6.45, 7) is 5.79. The highest BCUT2D eigenvalue weighted by molar-refractivity contribution is 6.37. The third-order valence-corrected chi connectivity index (χ3v) is 7.16. The molecule has 2 aliphatic rings. The second kappa shape index (κ2) is 8.93. The number of carbonyl (C=O) groups excluding carboxylic acids is 1. The van der Waals surface area contributed by atoms with Crippen LogP contribution in [0.3, 0.4) is 0 Å². The maximum atomic E-state index is 15.4. The molecule has 3 heterocycles. The molecule has 0 spiro atoms. The van der Waals surface area contributed by atoms with Gasteiger partial charge in [0.25, 0.3) is 11.5 Å². The van der Waals surface area contributed by atoms with Crippen LogP contribution in [0.2, 0.25) is 10.0 Å². The molecule has 1 aromatic heterocycles. The van der Waals surface area contributed by atoms with Crippen molar-refractivity contribution in [2.24, 2.45) is 5.92 Å². The lowest BCUT2D eigenvalue weighted by Crippen LogP contribution is -2.39. The first-order valence-electron chi connectivity index (χ1n) is 10.6. The fraction of sp³-hybridized carbons (Fsp3) is 0.478. The van der Waals surface area contributed by atoms with Crippen LogP contribution < -0.4 is 10.9 Å². The Hall–Kier alpha value is -1.89. The number of hydrogen-bond donors (Lipinski definition) is 2. The summed E-state index contributed by atoms with van der Waals surface area (Å²) in [6, 6.07) is 3.47. The van der Waals surface area contributed by atoms with Crippen LogP contribution in [0.5, 0.6) is 0 Å². The molecule has 1 fully saturated rings. The third-order valence-electron chi connectivity index (χ3n) is 6.42. The summed E-state index contributed by atoms with van der Waals surface area (Å²) in [5.74, 6) is -0.469. The van der Waals surface area contributed by atoms with Crippen molar-refractivity contribution in [3.8, 4) is 0 Å². The average molecular weight is 466 g/mol. The molecule has 2 N–H and O–H groups in total. The fourth-order valence-electron chi connectivity index (χ4n) is 4.67. The molecule has 0 aliphatic carbocycles. The molecule has 2 aliphatic heterocycles. The van der Waals surface area contributed by atoms with Gasteiger partial charge < -0.3 is 15.2 Å². The molecule has 5 nitrogen and oxygen atoms in total. The first kappa shape index (κ1) is 22.3. The second-order valence-corrected chi connectivity index (χ2v) is 9.31. The van der Waals surface area contributed by atoms with E-state index >= 15 is 4.39 Å². The number of aryl methyl sites for hydroxylation is 2. The van der Waals surface area contributed by atoms with Gasteiger partial charge in [-0.3, -0.25) is 9.59 Å². The van der Waals surface area contributed by atoms with E-state index in [0.717, 1.165) is 24.3 Å². The Morgan fingerprint density at radius 1 is 1.19 bits per heavy atom. The van der Waals surface area contributed by atoms with E-state index < -0.39 is 6.17 Å². The number of piperidine rings is 1. The van der Waals surface area contributed by atoms with Crippen LogP contribution in [0.1, 0.15) is 57.3 Å². The van der Waals surface area contributed by atoms with Crippen molar-refractivity contribution >= 4 is 29.1 Å². The maximum absolute atomic E-state index is 15.4. The minimum absolute atomic E-state index is 0.148. The van der Waals surface area contributed by atoms with Gasteiger partial charge in [-0.05, 0) is 75.4 Å². The zero-order valence-electron chi connectivity index (χ0n) is 17.7. The summed E-state index contributed by atoms with van der Waals surface area (Å²) < 4.78 is 15.4. The van der Waals surface area contributed by atoms with E-state index in [4.69, 9.17) is 23.2 Å². The fourth-order valence-corrected chi connectivity index (χ4v) is 5.33. The lowest BCUT2D eigenvalue weighted by Gasteiger charge is -2.32. The van der Waals surface area contributed by atoms with Gasteiger partial charge in [0.2, 0.25) is 0 Å². The van der Waals surface area contributed by atoms with E-state index in [1.165, 1.54) is 0 Å². The average Bonchev–Trinajstić information content (AvgIpc) is 2.74. The van der Waals surface area contributed by atoms with Crippen LogP contribution in [-0.2, 0) is 13.0 Å². The van der Waals surface area contributed by atoms with Crippen LogP contribution in [0, 0.1) is 19.8 Å². The smallest absolute Gasteiger partial charge is 0.256 e. The van der Waals surface area contributed by atoms with Gasteiger partial charge in [0.15, 0.2) is 0 Å². The Kier molecular flexibility index (Phi) is 6.42. The maximum Gasteiger partial charge on any atom is 0.256 e. The zero-order chi connectivity index (χ0) is 22.3. The lowest BCUT2D eigenvalue weighted by molar-refractivity contribution is 0.0726. The quantitative estimate of drug-likeness (QED) is 0.697. The summed E-state index contributed by atoms with van der Waals surface area (Å²) in [7, 11) is 0. The van der Waals surface area contributed by atoms with Gasteiger partial charge in [-0.2, -0.15) is 0 Å². The van der Waals surface area contributed by atoms with E-state index in [1.54, 1.807) is 11.0 Å². The van der Waals surface area contributed by atoms with Gasteiger partial charge in [0.1, 0.15) is 6.17 Å². The number of nitrogens with one attached hydrogen (secondary N) is 2. The van der Waals surface area contributed by atoms with Gasteiger partial charge >= 0.3 is 0 Å². The number of aromatic nitrogens is 1. The molecule has 1 saturated heterocycles. The summed E-state index contributed by atoms with van der Waals surface area (Å²) >= 11 is 13.1. The minimum atomic E-state index is -1.28. The van der Waals surface area contributed by atoms with E-state index in [0.29, 0.717) is 42.0 Å². The number of aromatic amines is 1. The highest BCUT2D eigenvalue weighted by atomic mass is 35.5. The van der Waals surface area contributed by atoms with E-state index in [1.807, 2.05) is 19.9 Å². The molecule has 1 atom stereocenters. The molecule has 1 aromatic carbocycles. The standard InChI is InChI=1S/C23H26Cl2FN3O2/c1-12-9-13(2)28-22(30)17(12)11-29-8-5-15-18(24)10-16(20(25)19(15)23(29)31)21(26)14-3-6-27-7-4-14/h9-10,14,21,27H,3-8,11H2,1-2H3,(H,28,30). The SMILES string of the molecule is Cc1cc(C)c(CN2CCc3c(Cl)cc(C(F)C4CCNCC4)c(Cl)c3C2=O)c(=O)[nH]1. The predicted molar refractivity (Wildman–Crippen MR) is 121 cm³/mol. The highest BCUT2D eigenvalue weighted by Gasteiger charge is 2.34. The molecule has 0 saturated carbocycles. The van der Waals surface area contributed by atoms with Gasteiger partial charge in [0.05, 0.1) is 17.1 Å². The molecule has 2 aromatic rings. The molecule has 1 amide bonds. The van der Waals surface area contributed by atoms with E-state index in [2.05, 4.69) is 10.3 Å². The van der Waals surface area contributed by atoms with Crippen molar-refractivity contribution in [1.29, 1.82) is 0 Å². The number of pyridine rings is 1. The topological polar surface area (TPSA) is 65.2 Å². The van der Waals surface area contributed by atoms with Crippen LogP contribution in [-0.4, -0.2) is 35.4 Å². The van der Waals surface area contributed by atoms with Crippen LogP contribution in [0.25, 0.3) is 0 Å². The Morgan fingerprint density at radius 2 is 1.90 bits per heavy atom. The lowest BCUT2D eigenvalue weighted by atomic mass is 9.86. The summed E-state index contributed by atoms with van der Waals surface area (Å²) in [5.41, 5.74) is 3.15. The van der Waals surface area contributed by atoms with Crippen LogP contribution in [0.15, 0.2) is 16.9 Å². The number of nitrogens with zero attached hydrogens (tertiary/aromatic N) is 1. The number of hydrogen-bond acceptors (Lipinski definition) is 3.